The lowest BCUT2D eigenvalue weighted by molar-refractivity contribution is 0.255. The molecule has 0 saturated carbocycles. The van der Waals surface area contributed by atoms with Gasteiger partial charge in [0, 0.05) is 29.1 Å². The number of hydrogen-bond acceptors (Lipinski definition) is 2. The van der Waals surface area contributed by atoms with E-state index in [1.54, 1.807) is 6.07 Å². The van der Waals surface area contributed by atoms with Gasteiger partial charge in [-0.15, -0.1) is 0 Å². The van der Waals surface area contributed by atoms with Crippen molar-refractivity contribution in [1.29, 1.82) is 0 Å². The molecule has 94 valence electrons. The first-order valence-corrected chi connectivity index (χ1v) is 6.49. The van der Waals surface area contributed by atoms with Crippen molar-refractivity contribution in [1.82, 2.24) is 4.90 Å². The molecule has 0 saturated heterocycles. The summed E-state index contributed by atoms with van der Waals surface area (Å²) >= 11 is 17.0. The topological polar surface area (TPSA) is 29.3 Å². The number of nitrogens with two attached hydrogens (primary N) is 1. The van der Waals surface area contributed by atoms with Crippen LogP contribution in [0.3, 0.4) is 0 Å². The van der Waals surface area contributed by atoms with Crippen LogP contribution in [0.4, 0.5) is 0 Å². The Balaban J connectivity index is 2.70. The Morgan fingerprint density at radius 1 is 1.47 bits per heavy atom. The molecule has 0 spiro atoms. The van der Waals surface area contributed by atoms with E-state index in [0.717, 1.165) is 17.1 Å². The largest absolute Gasteiger partial charge is 0.393 e. The molecule has 1 rings (SSSR count). The van der Waals surface area contributed by atoms with Crippen molar-refractivity contribution in [2.75, 3.05) is 7.05 Å². The van der Waals surface area contributed by atoms with E-state index < -0.39 is 0 Å². The SMILES string of the molecule is CC(CC(N)=S)N(C)Cc1cc(Cl)ccc1Cl. The summed E-state index contributed by atoms with van der Waals surface area (Å²) in [7, 11) is 2.01. The van der Waals surface area contributed by atoms with Crippen LogP contribution in [0.15, 0.2) is 18.2 Å². The van der Waals surface area contributed by atoms with Gasteiger partial charge >= 0.3 is 0 Å². The van der Waals surface area contributed by atoms with E-state index in [2.05, 4.69) is 11.8 Å². The van der Waals surface area contributed by atoms with Crippen molar-refractivity contribution in [3.05, 3.63) is 33.8 Å². The van der Waals surface area contributed by atoms with E-state index in [4.69, 9.17) is 41.2 Å². The van der Waals surface area contributed by atoms with Gasteiger partial charge < -0.3 is 5.73 Å². The summed E-state index contributed by atoms with van der Waals surface area (Å²) in [5.41, 5.74) is 6.55. The smallest absolute Gasteiger partial charge is 0.0742 e. The highest BCUT2D eigenvalue weighted by molar-refractivity contribution is 7.80. The van der Waals surface area contributed by atoms with Gasteiger partial charge in [-0.2, -0.15) is 0 Å². The zero-order valence-corrected chi connectivity index (χ0v) is 12.2. The fourth-order valence-electron chi connectivity index (χ4n) is 1.54. The molecule has 0 amide bonds. The number of thiocarbonyl (C=S) groups is 1. The molecule has 1 aromatic rings. The number of nitrogens with zero attached hydrogens (tertiary/aromatic N) is 1. The zero-order chi connectivity index (χ0) is 13.0. The Labute approximate surface area is 118 Å². The maximum absolute atomic E-state index is 6.11. The van der Waals surface area contributed by atoms with Crippen LogP contribution in [0.5, 0.6) is 0 Å². The van der Waals surface area contributed by atoms with Crippen LogP contribution in [-0.4, -0.2) is 23.0 Å². The lowest BCUT2D eigenvalue weighted by atomic mass is 10.1. The summed E-state index contributed by atoms with van der Waals surface area (Å²) in [5.74, 6) is 0. The van der Waals surface area contributed by atoms with Crippen molar-refractivity contribution in [2.45, 2.75) is 25.9 Å². The van der Waals surface area contributed by atoms with E-state index in [1.807, 2.05) is 19.2 Å². The molecule has 17 heavy (non-hydrogen) atoms. The summed E-state index contributed by atoms with van der Waals surface area (Å²) in [6, 6.07) is 5.76. The van der Waals surface area contributed by atoms with Gasteiger partial charge in [-0.25, -0.2) is 0 Å². The molecule has 1 aromatic carbocycles. The zero-order valence-electron chi connectivity index (χ0n) is 9.91. The molecule has 0 aliphatic rings. The van der Waals surface area contributed by atoms with Gasteiger partial charge in [-0.05, 0) is 37.7 Å². The summed E-state index contributed by atoms with van der Waals surface area (Å²) in [4.78, 5) is 2.68. The number of halogens is 2. The molecule has 5 heteroatoms. The van der Waals surface area contributed by atoms with Gasteiger partial charge in [0.1, 0.15) is 0 Å². The van der Waals surface area contributed by atoms with Crippen molar-refractivity contribution in [2.24, 2.45) is 5.73 Å². The Morgan fingerprint density at radius 3 is 2.71 bits per heavy atom. The third-order valence-electron chi connectivity index (χ3n) is 2.68. The molecule has 0 aliphatic carbocycles. The highest BCUT2D eigenvalue weighted by atomic mass is 35.5. The second kappa shape index (κ2) is 6.55. The Kier molecular flexibility index (Phi) is 5.67. The highest BCUT2D eigenvalue weighted by Gasteiger charge is 2.12. The quantitative estimate of drug-likeness (QED) is 0.842. The molecule has 0 heterocycles. The maximum Gasteiger partial charge on any atom is 0.0742 e. The van der Waals surface area contributed by atoms with Gasteiger partial charge in [0.2, 0.25) is 0 Å². The Bertz CT molecular complexity index is 409. The number of hydrogen-bond donors (Lipinski definition) is 1. The molecule has 2 nitrogen and oxygen atoms in total. The van der Waals surface area contributed by atoms with Crippen LogP contribution in [0, 0.1) is 0 Å². The minimum atomic E-state index is 0.280. The molecule has 0 radical (unpaired) electrons. The van der Waals surface area contributed by atoms with Crippen LogP contribution in [0.2, 0.25) is 10.0 Å². The monoisotopic (exact) mass is 290 g/mol. The second-order valence-electron chi connectivity index (χ2n) is 4.17. The molecule has 0 aromatic heterocycles. The molecule has 0 fully saturated rings. The average molecular weight is 291 g/mol. The minimum Gasteiger partial charge on any atom is -0.393 e. The van der Waals surface area contributed by atoms with E-state index in [0.29, 0.717) is 16.4 Å². The van der Waals surface area contributed by atoms with Crippen molar-refractivity contribution in [3.63, 3.8) is 0 Å². The van der Waals surface area contributed by atoms with Crippen LogP contribution >= 0.6 is 35.4 Å². The molecule has 1 unspecified atom stereocenters. The Hall–Kier alpha value is -0.350. The first-order chi connectivity index (χ1) is 7.90. The molecule has 0 bridgehead atoms. The minimum absolute atomic E-state index is 0.280. The molecular weight excluding hydrogens is 275 g/mol. The van der Waals surface area contributed by atoms with E-state index >= 15 is 0 Å². The molecule has 2 N–H and O–H groups in total. The normalized spacial score (nSPS) is 12.8. The van der Waals surface area contributed by atoms with Gasteiger partial charge in [0.05, 0.1) is 4.99 Å². The average Bonchev–Trinajstić information content (AvgIpc) is 2.22. The standard InChI is InChI=1S/C12H16Cl2N2S/c1-8(5-12(15)17)16(2)7-9-6-10(13)3-4-11(9)14/h3-4,6,8H,5,7H2,1-2H3,(H2,15,17). The van der Waals surface area contributed by atoms with E-state index in [1.165, 1.54) is 0 Å². The highest BCUT2D eigenvalue weighted by Crippen LogP contribution is 2.22. The van der Waals surface area contributed by atoms with Crippen LogP contribution in [-0.2, 0) is 6.54 Å². The summed E-state index contributed by atoms with van der Waals surface area (Å²) < 4.78 is 0. The first kappa shape index (κ1) is 14.7. The third kappa shape index (κ3) is 4.80. The number of rotatable bonds is 5. The fourth-order valence-corrected chi connectivity index (χ4v) is 2.15. The van der Waals surface area contributed by atoms with Crippen LogP contribution in [0.1, 0.15) is 18.9 Å². The first-order valence-electron chi connectivity index (χ1n) is 5.32. The second-order valence-corrected chi connectivity index (χ2v) is 5.54. The maximum atomic E-state index is 6.11. The van der Waals surface area contributed by atoms with Crippen LogP contribution in [0.25, 0.3) is 0 Å². The summed E-state index contributed by atoms with van der Waals surface area (Å²) in [6.45, 7) is 2.81. The fraction of sp³-hybridized carbons (Fsp3) is 0.417. The van der Waals surface area contributed by atoms with Crippen molar-refractivity contribution in [3.8, 4) is 0 Å². The Morgan fingerprint density at radius 2 is 2.12 bits per heavy atom. The molecule has 0 aliphatic heterocycles. The van der Waals surface area contributed by atoms with E-state index in [9.17, 15) is 0 Å². The summed E-state index contributed by atoms with van der Waals surface area (Å²) in [5, 5.41) is 1.42. The number of benzene rings is 1. The lowest BCUT2D eigenvalue weighted by Crippen LogP contribution is -2.32. The molecular formula is C12H16Cl2N2S. The van der Waals surface area contributed by atoms with Crippen molar-refractivity contribution < 1.29 is 0 Å². The van der Waals surface area contributed by atoms with Gasteiger partial charge in [-0.1, -0.05) is 35.4 Å². The third-order valence-corrected chi connectivity index (χ3v) is 3.45. The predicted molar refractivity (Wildman–Crippen MR) is 78.8 cm³/mol. The predicted octanol–water partition coefficient (Wildman–Crippen LogP) is 3.49. The molecule has 1 atom stereocenters. The van der Waals surface area contributed by atoms with Crippen molar-refractivity contribution >= 4 is 40.4 Å². The van der Waals surface area contributed by atoms with Gasteiger partial charge in [0.15, 0.2) is 0 Å². The van der Waals surface area contributed by atoms with Crippen LogP contribution < -0.4 is 5.73 Å². The van der Waals surface area contributed by atoms with Gasteiger partial charge in [0.25, 0.3) is 0 Å². The lowest BCUT2D eigenvalue weighted by Gasteiger charge is -2.24. The summed E-state index contributed by atoms with van der Waals surface area (Å²) in [6.07, 6.45) is 0.698. The van der Waals surface area contributed by atoms with Gasteiger partial charge in [-0.3, -0.25) is 4.90 Å². The van der Waals surface area contributed by atoms with E-state index in [-0.39, 0.29) is 6.04 Å².